The van der Waals surface area contributed by atoms with Crippen LogP contribution in [0.5, 0.6) is 0 Å². The number of carbonyl (C=O) groups excluding carboxylic acids is 1. The summed E-state index contributed by atoms with van der Waals surface area (Å²) >= 11 is 0. The highest BCUT2D eigenvalue weighted by Crippen LogP contribution is 2.17. The zero-order valence-corrected chi connectivity index (χ0v) is 45.2. The van der Waals surface area contributed by atoms with Crippen LogP contribution in [0.3, 0.4) is 0 Å². The second kappa shape index (κ2) is 35.8. The summed E-state index contributed by atoms with van der Waals surface area (Å²) in [6, 6.07) is 12.1. The zero-order valence-electron chi connectivity index (χ0n) is 45.2. The molecule has 69 heavy (non-hydrogen) atoms. The van der Waals surface area contributed by atoms with Gasteiger partial charge in [0.25, 0.3) is 0 Å². The fraction of sp³-hybridized carbons (Fsp3) is 0.604. The Kier molecular flexibility index (Phi) is 33.0. The molecule has 0 bridgehead atoms. The van der Waals surface area contributed by atoms with Gasteiger partial charge in [-0.1, -0.05) is 87.4 Å². The van der Waals surface area contributed by atoms with Crippen LogP contribution in [0.15, 0.2) is 102 Å². The molecule has 6 atom stereocenters. The van der Waals surface area contributed by atoms with E-state index in [0.29, 0.717) is 24.2 Å². The lowest BCUT2D eigenvalue weighted by Crippen LogP contribution is -2.37. The Morgan fingerprint density at radius 3 is 1.39 bits per heavy atom. The number of ether oxygens (including phenoxy) is 1. The number of nitrogens with one attached hydrogen (secondary N) is 1. The van der Waals surface area contributed by atoms with Crippen LogP contribution in [0.1, 0.15) is 162 Å². The first-order valence-electron chi connectivity index (χ1n) is 24.5. The van der Waals surface area contributed by atoms with Gasteiger partial charge in [-0.15, -0.1) is 0 Å². The number of hydrogen-bond donors (Lipinski definition) is 3. The van der Waals surface area contributed by atoms with E-state index in [9.17, 15) is 24.6 Å². The Morgan fingerprint density at radius 2 is 1.13 bits per heavy atom. The van der Waals surface area contributed by atoms with E-state index < -0.39 is 12.2 Å². The summed E-state index contributed by atoms with van der Waals surface area (Å²) in [6.45, 7) is 27.6. The Morgan fingerprint density at radius 1 is 0.667 bits per heavy atom. The molecule has 3 N–H and O–H groups in total. The minimum absolute atomic E-state index is 0.0762. The van der Waals surface area contributed by atoms with Crippen LogP contribution in [0.4, 0.5) is 0 Å². The lowest BCUT2D eigenvalue weighted by Gasteiger charge is -2.23. The number of aliphatic hydroxyl groups excluding tert-OH is 2. The summed E-state index contributed by atoms with van der Waals surface area (Å²) in [6.07, 6.45) is 18.4. The normalized spacial score (nSPS) is 13.3. The summed E-state index contributed by atoms with van der Waals surface area (Å²) in [7, 11) is 6.94. The number of esters is 1. The molecular weight excluding hydrogens is 873 g/mol. The molecule has 0 aliphatic heterocycles. The summed E-state index contributed by atoms with van der Waals surface area (Å²) in [5, 5.41) is 25.9. The first-order chi connectivity index (χ1) is 32.6. The maximum Gasteiger partial charge on any atom is 0.345 e. The molecule has 0 unspecified atom stereocenters. The predicted octanol–water partition coefficient (Wildman–Crippen LogP) is 8.31. The second-order valence-corrected chi connectivity index (χ2v) is 18.2. The number of aliphatic hydroxyl groups is 2. The monoisotopic (exact) mass is 963 g/mol. The quantitative estimate of drug-likeness (QED) is 0.0758. The van der Waals surface area contributed by atoms with Crippen LogP contribution in [0.2, 0.25) is 0 Å². The first-order valence-corrected chi connectivity index (χ1v) is 24.5. The van der Waals surface area contributed by atoms with Crippen molar-refractivity contribution in [2.24, 2.45) is 14.1 Å². The molecular formula is C53H90N10O6. The van der Waals surface area contributed by atoms with Crippen LogP contribution in [-0.2, 0) is 23.6 Å². The summed E-state index contributed by atoms with van der Waals surface area (Å²) < 4.78 is 11.2. The van der Waals surface area contributed by atoms with Crippen molar-refractivity contribution in [1.29, 1.82) is 0 Å². The minimum atomic E-state index is -0.495. The molecule has 5 heterocycles. The third-order valence-electron chi connectivity index (χ3n) is 10.9. The fourth-order valence-electron chi connectivity index (χ4n) is 6.55. The van der Waals surface area contributed by atoms with E-state index in [-0.39, 0.29) is 48.1 Å². The highest BCUT2D eigenvalue weighted by molar-refractivity contribution is 5.71. The van der Waals surface area contributed by atoms with Crippen molar-refractivity contribution in [2.45, 2.75) is 170 Å². The van der Waals surface area contributed by atoms with Crippen molar-refractivity contribution in [3.63, 3.8) is 0 Å². The van der Waals surface area contributed by atoms with E-state index in [4.69, 9.17) is 4.74 Å². The van der Waals surface area contributed by atoms with Crippen molar-refractivity contribution in [1.82, 2.24) is 48.7 Å². The van der Waals surface area contributed by atoms with E-state index in [0.717, 1.165) is 25.8 Å². The Bertz CT molecular complexity index is 2030. The molecule has 5 rings (SSSR count). The highest BCUT2D eigenvalue weighted by Gasteiger charge is 2.24. The first kappa shape index (κ1) is 63.7. The summed E-state index contributed by atoms with van der Waals surface area (Å²) in [4.78, 5) is 48.7. The molecule has 5 aromatic rings. The number of hydrogen-bond acceptors (Lipinski definition) is 12. The number of nitrogens with zero attached hydrogens (tertiary/aromatic N) is 9. The molecule has 5 aromatic heterocycles. The molecule has 0 aliphatic rings. The molecule has 16 heteroatoms. The van der Waals surface area contributed by atoms with Crippen molar-refractivity contribution < 1.29 is 19.7 Å². The van der Waals surface area contributed by atoms with Gasteiger partial charge in [0.05, 0.1) is 30.8 Å². The standard InChI is InChI=1S/C12H22N4O3.C9H16N2O2.C8H19NO.3C8H11N/c1-6-10(16-12(18)15(5)8-13-16)9(2)19-11(17)7-14(3)4;1-4-8(7(2)12)11-6-5-10(3)9(11)13;1-4-6-9-8(5-2)7(3)10;3*1-7(2)8-4-3-5-9-6-8/h8-10H,6-7H2,1-5H3;5-8,12H,4H2,1-3H3;7-10H,4-6H2,1-3H3;3*3-7H,1-2H3/t9-,10-;7-,8+;7-,8-;;;/m010.../s1. The van der Waals surface area contributed by atoms with Crippen LogP contribution in [0.25, 0.3) is 0 Å². The molecule has 16 nitrogen and oxygen atoms in total. The van der Waals surface area contributed by atoms with E-state index >= 15 is 0 Å². The number of rotatable bonds is 17. The van der Waals surface area contributed by atoms with Gasteiger partial charge in [0.15, 0.2) is 0 Å². The molecule has 0 aliphatic carbocycles. The maximum atomic E-state index is 11.9. The van der Waals surface area contributed by atoms with Crippen molar-refractivity contribution >= 4 is 5.97 Å². The smallest absolute Gasteiger partial charge is 0.345 e. The minimum Gasteiger partial charge on any atom is -0.459 e. The van der Waals surface area contributed by atoms with Gasteiger partial charge in [-0.2, -0.15) is 5.10 Å². The highest BCUT2D eigenvalue weighted by atomic mass is 16.5. The van der Waals surface area contributed by atoms with E-state index in [2.05, 4.69) is 99.0 Å². The molecule has 0 aromatic carbocycles. The van der Waals surface area contributed by atoms with Gasteiger partial charge < -0.3 is 24.8 Å². The van der Waals surface area contributed by atoms with Gasteiger partial charge in [-0.05, 0) is 120 Å². The molecule has 0 spiro atoms. The largest absolute Gasteiger partial charge is 0.459 e. The number of carbonyl (C=O) groups is 1. The SMILES string of the molecule is CC(C)c1cccnc1.CC(C)c1cccnc1.CC(C)c1cccnc1.CCCN[C@@H](CC)[C@H](C)O.CC[C@@H]([C@@H](C)O)n1ccn(C)c1=O.CC[C@@H]([C@H](C)OC(=O)CN(C)C)n1ncn(C)c1=O. The van der Waals surface area contributed by atoms with Gasteiger partial charge in [0, 0.05) is 69.7 Å². The second-order valence-electron chi connectivity index (χ2n) is 18.2. The van der Waals surface area contributed by atoms with Gasteiger partial charge in [0.1, 0.15) is 12.4 Å². The molecule has 0 amide bonds. The Balaban J connectivity index is 0.000000826. The summed E-state index contributed by atoms with van der Waals surface area (Å²) in [5.74, 6) is 1.48. The van der Waals surface area contributed by atoms with Crippen LogP contribution >= 0.6 is 0 Å². The average molecular weight is 963 g/mol. The van der Waals surface area contributed by atoms with E-state index in [1.54, 1.807) is 82.5 Å². The number of imidazole rings is 1. The molecule has 0 saturated carbocycles. The number of aromatic nitrogens is 8. The van der Waals surface area contributed by atoms with Gasteiger partial charge in [0.2, 0.25) is 0 Å². The fourth-order valence-corrected chi connectivity index (χ4v) is 6.55. The van der Waals surface area contributed by atoms with Gasteiger partial charge in [-0.25, -0.2) is 14.3 Å². The van der Waals surface area contributed by atoms with Crippen molar-refractivity contribution in [2.75, 3.05) is 27.2 Å². The Labute approximate surface area is 414 Å². The maximum absolute atomic E-state index is 11.9. The third-order valence-corrected chi connectivity index (χ3v) is 10.9. The van der Waals surface area contributed by atoms with E-state index in [1.165, 1.54) is 36.8 Å². The van der Waals surface area contributed by atoms with Gasteiger partial charge in [-0.3, -0.25) is 33.8 Å². The van der Waals surface area contributed by atoms with Crippen molar-refractivity contribution in [3.05, 3.63) is 130 Å². The van der Waals surface area contributed by atoms with Crippen LogP contribution in [0, 0.1) is 0 Å². The third kappa shape index (κ3) is 25.8. The van der Waals surface area contributed by atoms with Crippen molar-refractivity contribution in [3.8, 4) is 0 Å². The van der Waals surface area contributed by atoms with E-state index in [1.807, 2.05) is 57.6 Å². The molecule has 0 saturated heterocycles. The summed E-state index contributed by atoms with van der Waals surface area (Å²) in [5.41, 5.74) is 3.63. The number of pyridine rings is 3. The number of likely N-dealkylation sites (N-methyl/N-ethyl adjacent to an activating group) is 1. The lowest BCUT2D eigenvalue weighted by atomic mass is 10.1. The topological polar surface area (TPSA) is 187 Å². The predicted molar refractivity (Wildman–Crippen MR) is 281 cm³/mol. The molecule has 388 valence electrons. The van der Waals surface area contributed by atoms with Crippen LogP contribution < -0.4 is 16.7 Å². The molecule has 0 radical (unpaired) electrons. The molecule has 0 fully saturated rings. The van der Waals surface area contributed by atoms with Gasteiger partial charge >= 0.3 is 17.3 Å². The number of aryl methyl sites for hydroxylation is 2. The lowest BCUT2D eigenvalue weighted by molar-refractivity contribution is -0.151. The van der Waals surface area contributed by atoms with Crippen LogP contribution in [-0.4, -0.2) is 111 Å². The zero-order chi connectivity index (χ0) is 52.6. The Hall–Kier alpha value is -5.29. The average Bonchev–Trinajstić information content (AvgIpc) is 3.83.